The van der Waals surface area contributed by atoms with Crippen molar-refractivity contribution in [2.45, 2.75) is 246 Å². The van der Waals surface area contributed by atoms with E-state index < -0.39 is 221 Å². The van der Waals surface area contributed by atoms with Crippen LogP contribution in [0.1, 0.15) is 189 Å². The van der Waals surface area contributed by atoms with Crippen LogP contribution in [0.2, 0.25) is 10.0 Å². The van der Waals surface area contributed by atoms with E-state index in [9.17, 15) is 60.3 Å². The van der Waals surface area contributed by atoms with Gasteiger partial charge in [-0.15, -0.1) is 0 Å². The molecule has 0 radical (unpaired) electrons. The summed E-state index contributed by atoms with van der Waals surface area (Å²) in [4.78, 5) is 138. The van der Waals surface area contributed by atoms with Crippen molar-refractivity contribution >= 4 is 76.4 Å². The lowest BCUT2D eigenvalue weighted by Crippen LogP contribution is -2.64. The first-order valence-corrected chi connectivity index (χ1v) is 41.9. The molecule has 5 aromatic rings. The van der Waals surface area contributed by atoms with Gasteiger partial charge < -0.3 is 123 Å². The number of halogens is 2. The van der Waals surface area contributed by atoms with Crippen molar-refractivity contribution in [2.24, 2.45) is 35.3 Å². The second kappa shape index (κ2) is 37.7. The predicted molar refractivity (Wildman–Crippen MR) is 433 cm³/mol. The van der Waals surface area contributed by atoms with Crippen LogP contribution in [0.3, 0.4) is 0 Å². The number of phenolic OH excluding ortho intramolecular Hbond substituents is 3. The molecule has 11 aliphatic rings. The summed E-state index contributed by atoms with van der Waals surface area (Å²) in [6.45, 7) is 7.76. The second-order valence-electron chi connectivity index (χ2n) is 33.9. The molecule has 121 heavy (non-hydrogen) atoms. The number of phenols is 3. The molecule has 654 valence electrons. The summed E-state index contributed by atoms with van der Waals surface area (Å²) in [6, 6.07) is 0.237. The van der Waals surface area contributed by atoms with Gasteiger partial charge in [-0.2, -0.15) is 0 Å². The highest BCUT2D eigenvalue weighted by atomic mass is 35.5. The van der Waals surface area contributed by atoms with Crippen LogP contribution >= 0.6 is 23.2 Å². The molecule has 6 fully saturated rings. The summed E-state index contributed by atoms with van der Waals surface area (Å²) in [5.41, 5.74) is 3.03. The van der Waals surface area contributed by atoms with E-state index in [-0.39, 0.29) is 93.0 Å². The van der Waals surface area contributed by atoms with Gasteiger partial charge >= 0.3 is 0 Å². The molecule has 18 atom stereocenters. The molecule has 4 aliphatic carbocycles. The fourth-order valence-electron chi connectivity index (χ4n) is 18.2. The van der Waals surface area contributed by atoms with Crippen molar-refractivity contribution in [1.82, 2.24) is 47.9 Å². The molecule has 7 heterocycles. The van der Waals surface area contributed by atoms with Crippen LogP contribution in [0.15, 0.2) is 78.9 Å². The van der Waals surface area contributed by atoms with E-state index in [0.29, 0.717) is 24.7 Å². The van der Waals surface area contributed by atoms with Crippen molar-refractivity contribution in [3.05, 3.63) is 117 Å². The number of amides is 9. The Hall–Kier alpha value is -9.53. The van der Waals surface area contributed by atoms with E-state index in [4.69, 9.17) is 57.4 Å². The third-order valence-corrected chi connectivity index (χ3v) is 24.9. The lowest BCUT2D eigenvalue weighted by molar-refractivity contribution is -0.333. The van der Waals surface area contributed by atoms with E-state index in [1.54, 1.807) is 0 Å². The third-order valence-electron chi connectivity index (χ3n) is 24.3. The van der Waals surface area contributed by atoms with Gasteiger partial charge in [0.25, 0.3) is 0 Å². The first-order valence-electron chi connectivity index (χ1n) is 41.2. The predicted octanol–water partition coefficient (Wildman–Crippen LogP) is 4.87. The minimum Gasteiger partial charge on any atom is -0.508 e. The Balaban J connectivity index is 1.01. The molecule has 2 saturated heterocycles. The third kappa shape index (κ3) is 19.8. The van der Waals surface area contributed by atoms with Gasteiger partial charge in [0, 0.05) is 41.6 Å². The number of aromatic hydroxyl groups is 3. The molecule has 7 aliphatic heterocycles. The molecule has 4 saturated carbocycles. The van der Waals surface area contributed by atoms with Crippen molar-refractivity contribution < 1.29 is 118 Å². The summed E-state index contributed by atoms with van der Waals surface area (Å²) < 4.78 is 39.0. The van der Waals surface area contributed by atoms with Crippen LogP contribution in [0.5, 0.6) is 46.0 Å². The maximum atomic E-state index is 16.6. The minimum atomic E-state index is -2.38. The van der Waals surface area contributed by atoms with Crippen molar-refractivity contribution in [2.75, 3.05) is 13.7 Å². The minimum absolute atomic E-state index is 0.0631. The highest BCUT2D eigenvalue weighted by Crippen LogP contribution is 2.55. The molecule has 20 N–H and O–H groups in total. The number of nitrogens with two attached hydrogens (primary N) is 1. The first kappa shape index (κ1) is 89.2. The molecule has 9 amide bonds. The Labute approximate surface area is 707 Å². The van der Waals surface area contributed by atoms with Gasteiger partial charge in [0.05, 0.1) is 41.3 Å². The SMILES string of the molecule is CCCCCCCCC(=O)NC(=O)CC1NC(=O)C(NC(=O)C(CC(C)C)NC)C(O)c2ccc(c(Cl)c2)Oc2cc3cc(c2OC2OC(CO)C(O)C(O)C2OC2CC(C)(N)C(O)C(C)O2)Oc2ccc(cc2Cl)C(O)C2NC(=O)C(NC(=O)C3NC1=O)c1ccc(O)c(c1)-c1c(O)cc(O)cc1C(C(=O)NC1C3CC4CC(C3)CC1C4)NC2=O. The zero-order valence-corrected chi connectivity index (χ0v) is 69.1. The monoisotopic (exact) mass is 1720 g/mol. The molecule has 36 heteroatoms. The van der Waals surface area contributed by atoms with Crippen molar-refractivity contribution in [3.63, 3.8) is 0 Å². The number of hydrogen-bond donors (Lipinski definition) is 19. The van der Waals surface area contributed by atoms with Gasteiger partial charge in [0.2, 0.25) is 65.2 Å². The Morgan fingerprint density at radius 2 is 1.26 bits per heavy atom. The average Bonchev–Trinajstić information content (AvgIpc) is 0.761. The molecule has 34 nitrogen and oxygen atoms in total. The highest BCUT2D eigenvalue weighted by Gasteiger charge is 2.53. The second-order valence-corrected chi connectivity index (χ2v) is 34.7. The molecular weight excluding hydrogens is 1620 g/mol. The fourth-order valence-corrected chi connectivity index (χ4v) is 18.7. The summed E-state index contributed by atoms with van der Waals surface area (Å²) in [5.74, 6) is -14.0. The Morgan fingerprint density at radius 1 is 0.653 bits per heavy atom. The van der Waals surface area contributed by atoms with Crippen LogP contribution in [-0.2, 0) is 57.4 Å². The molecule has 18 unspecified atom stereocenters. The quantitative estimate of drug-likeness (QED) is 0.0436. The Morgan fingerprint density at radius 3 is 1.88 bits per heavy atom. The van der Waals surface area contributed by atoms with Crippen LogP contribution in [-0.4, -0.2) is 198 Å². The van der Waals surface area contributed by atoms with Crippen molar-refractivity contribution in [3.8, 4) is 57.1 Å². The standard InChI is InChI=1S/C85H106Cl2N10O24/c1-7-8-9-10-11-12-13-60(102)91-61(103)33-52-78(110)93-66-45-29-57(117-55-18-15-41(27-49(55)86)70(104)68(82(114)90-52)96-77(109)51(89-6)20-36(2)3)74(121-84-75(73(107)72(106)59(35-98)119-84)120-62-34-85(5,88)76(108)37(4)116-62)58(30-45)118-56-19-16-42(28-50(56)87)71(105)69-83(115)95-67(81(113)92-64-43-22-38-21-39(24-43)25-44(64)23-38)48-31-46(99)32-54(101)63(48)47-26-40(14-17-53(47)100)65(79(111)97-69)94-80(66)112/h14-19,26-32,36-39,43-44,51-52,59,62,64-73,75-76,84,89,98-101,104-108H,7-13,20-25,33-35,88H2,1-6H3,(H,90,114)(H,92,113)(H,93,110)(H,94,112)(H,95,115)(H,96,109)(H,97,111)(H,91,102,103). The number of carbonyl (C=O) groups excluding carboxylic acids is 9. The number of carbonyl (C=O) groups is 9. The molecule has 0 spiro atoms. The number of aliphatic hydroxyl groups is 6. The molecule has 5 aromatic carbocycles. The summed E-state index contributed by atoms with van der Waals surface area (Å²) >= 11 is 14.5. The molecular formula is C85H106Cl2N10O24. The number of imide groups is 1. The van der Waals surface area contributed by atoms with Gasteiger partial charge in [-0.25, -0.2) is 0 Å². The van der Waals surface area contributed by atoms with E-state index in [0.717, 1.165) is 112 Å². The molecule has 0 aromatic heterocycles. The molecule has 16 rings (SSSR count). The zero-order chi connectivity index (χ0) is 86.9. The number of rotatable bonds is 21. The number of aliphatic hydroxyl groups excluding tert-OH is 6. The van der Waals surface area contributed by atoms with Crippen LogP contribution < -0.4 is 67.8 Å². The van der Waals surface area contributed by atoms with Gasteiger partial charge in [-0.3, -0.25) is 48.5 Å². The maximum absolute atomic E-state index is 16.6. The van der Waals surface area contributed by atoms with E-state index >= 15 is 28.8 Å². The summed E-state index contributed by atoms with van der Waals surface area (Å²) in [5, 5.41) is 130. The number of nitrogens with one attached hydrogen (secondary N) is 9. The van der Waals surface area contributed by atoms with Gasteiger partial charge in [-0.1, -0.05) is 94.3 Å². The highest BCUT2D eigenvalue weighted by molar-refractivity contribution is 6.32. The number of hydrogen-bond acceptors (Lipinski definition) is 26. The van der Waals surface area contributed by atoms with Crippen LogP contribution in [0, 0.1) is 29.6 Å². The normalized spacial score (nSPS) is 31.0. The van der Waals surface area contributed by atoms with E-state index in [2.05, 4.69) is 47.9 Å². The fraction of sp³-hybridized carbons (Fsp3) is 0.541. The average molecular weight is 1720 g/mol. The van der Waals surface area contributed by atoms with Gasteiger partial charge in [-0.05, 0) is 178 Å². The van der Waals surface area contributed by atoms with E-state index in [1.807, 2.05) is 20.8 Å². The lowest BCUT2D eigenvalue weighted by Gasteiger charge is -2.54. The maximum Gasteiger partial charge on any atom is 0.248 e. The first-order chi connectivity index (χ1) is 57.6. The van der Waals surface area contributed by atoms with Gasteiger partial charge in [0.15, 0.2) is 23.9 Å². The number of benzene rings is 5. The number of likely N-dealkylation sites (N-methyl/N-ethyl adjacent to an activating group) is 1. The number of ether oxygens (including phenoxy) is 6. The number of unbranched alkanes of at least 4 members (excludes halogenated alkanes) is 5. The smallest absolute Gasteiger partial charge is 0.248 e. The summed E-state index contributed by atoms with van der Waals surface area (Å²) in [6.07, 6.45) is -9.81. The van der Waals surface area contributed by atoms with Gasteiger partial charge in [0.1, 0.15) is 95.5 Å². The number of fused-ring (bicyclic) bond motifs is 15. The topological polar surface area (TPSA) is 525 Å². The Kier molecular flexibility index (Phi) is 27.8. The zero-order valence-electron chi connectivity index (χ0n) is 67.6. The molecule has 15 bridgehead atoms. The largest absolute Gasteiger partial charge is 0.508 e. The summed E-state index contributed by atoms with van der Waals surface area (Å²) in [7, 11) is 1.49. The van der Waals surface area contributed by atoms with Crippen LogP contribution in [0.25, 0.3) is 11.1 Å². The van der Waals surface area contributed by atoms with Crippen LogP contribution in [0.4, 0.5) is 0 Å². The van der Waals surface area contributed by atoms with E-state index in [1.165, 1.54) is 45.2 Å². The lowest BCUT2D eigenvalue weighted by atomic mass is 9.54. The van der Waals surface area contributed by atoms with Crippen molar-refractivity contribution in [1.29, 1.82) is 0 Å². The Bertz CT molecular complexity index is 4720.